The summed E-state index contributed by atoms with van der Waals surface area (Å²) in [6.45, 7) is 0. The number of fused-ring (bicyclic) bond motifs is 3. The molecule has 0 saturated carbocycles. The number of aromatic amines is 1. The van der Waals surface area contributed by atoms with E-state index in [1.54, 1.807) is 0 Å². The van der Waals surface area contributed by atoms with Gasteiger partial charge in [0, 0.05) is 34.3 Å². The molecule has 118 valence electrons. The molecule has 0 aliphatic heterocycles. The number of nitrogens with one attached hydrogen (secondary N) is 2. The molecule has 0 bridgehead atoms. The molecule has 1 unspecified atom stereocenters. The van der Waals surface area contributed by atoms with Gasteiger partial charge in [-0.05, 0) is 55.2 Å². The molecule has 1 amide bonds. The van der Waals surface area contributed by atoms with Gasteiger partial charge in [0.2, 0.25) is 0 Å². The summed E-state index contributed by atoms with van der Waals surface area (Å²) in [6, 6.07) is 10.1. The molecule has 2 N–H and O–H groups in total. The largest absolute Gasteiger partial charge is 0.356 e. The van der Waals surface area contributed by atoms with Gasteiger partial charge in [0.25, 0.3) is 5.91 Å². The van der Waals surface area contributed by atoms with Crippen molar-refractivity contribution >= 4 is 32.7 Å². The van der Waals surface area contributed by atoms with Crippen LogP contribution in [0.1, 0.15) is 40.6 Å². The number of H-pyrrole nitrogens is 1. The zero-order valence-corrected chi connectivity index (χ0v) is 14.5. The number of nitrogens with zero attached hydrogens (tertiary/aromatic N) is 1. The van der Waals surface area contributed by atoms with Crippen molar-refractivity contribution in [1.29, 1.82) is 0 Å². The summed E-state index contributed by atoms with van der Waals surface area (Å²) in [6.07, 6.45) is 5.01. The van der Waals surface area contributed by atoms with E-state index in [2.05, 4.69) is 38.4 Å². The number of carbonyl (C=O) groups is 1. The van der Waals surface area contributed by atoms with Gasteiger partial charge in [-0.25, -0.2) is 0 Å². The Bertz CT molecular complexity index is 893. The number of carbonyl (C=O) groups excluding carboxylic acids is 1. The highest BCUT2D eigenvalue weighted by Crippen LogP contribution is 2.35. The van der Waals surface area contributed by atoms with Crippen LogP contribution in [0.4, 0.5) is 0 Å². The molecule has 5 heteroatoms. The van der Waals surface area contributed by atoms with E-state index < -0.39 is 0 Å². The van der Waals surface area contributed by atoms with Crippen molar-refractivity contribution in [3.63, 3.8) is 0 Å². The first-order valence-corrected chi connectivity index (χ1v) is 8.65. The summed E-state index contributed by atoms with van der Waals surface area (Å²) in [5.74, 6) is -0.0183. The standard InChI is InChI=1S/C18H18BrN3O/c1-22-9-3-6-16(22)18(23)21-15-5-2-4-12-13-10-11(19)7-8-14(13)20-17(12)15/h3,6-10,15,20H,2,4-5H2,1H3,(H,21,23). The van der Waals surface area contributed by atoms with Crippen LogP contribution in [0.3, 0.4) is 0 Å². The smallest absolute Gasteiger partial charge is 0.268 e. The van der Waals surface area contributed by atoms with E-state index in [1.807, 2.05) is 36.0 Å². The molecular weight excluding hydrogens is 354 g/mol. The fourth-order valence-electron chi connectivity index (χ4n) is 3.51. The summed E-state index contributed by atoms with van der Waals surface area (Å²) in [5, 5.41) is 4.45. The third kappa shape index (κ3) is 2.49. The molecule has 0 radical (unpaired) electrons. The van der Waals surface area contributed by atoms with Gasteiger partial charge in [-0.3, -0.25) is 4.79 Å². The average Bonchev–Trinajstić information content (AvgIpc) is 3.11. The number of aromatic nitrogens is 2. The molecule has 2 heterocycles. The van der Waals surface area contributed by atoms with Crippen molar-refractivity contribution in [3.8, 4) is 0 Å². The van der Waals surface area contributed by atoms with Crippen molar-refractivity contribution < 1.29 is 4.79 Å². The lowest BCUT2D eigenvalue weighted by Gasteiger charge is -2.24. The van der Waals surface area contributed by atoms with E-state index in [9.17, 15) is 4.79 Å². The van der Waals surface area contributed by atoms with Gasteiger partial charge in [0.05, 0.1) is 6.04 Å². The number of hydrogen-bond donors (Lipinski definition) is 2. The van der Waals surface area contributed by atoms with Gasteiger partial charge in [-0.1, -0.05) is 15.9 Å². The predicted molar refractivity (Wildman–Crippen MR) is 94.6 cm³/mol. The molecule has 3 aromatic rings. The highest BCUT2D eigenvalue weighted by molar-refractivity contribution is 9.10. The summed E-state index contributed by atoms with van der Waals surface area (Å²) >= 11 is 3.55. The minimum absolute atomic E-state index is 0.0183. The first kappa shape index (κ1) is 14.6. The van der Waals surface area contributed by atoms with E-state index in [4.69, 9.17) is 0 Å². The van der Waals surface area contributed by atoms with Gasteiger partial charge in [0.15, 0.2) is 0 Å². The fraction of sp³-hybridized carbons (Fsp3) is 0.278. The number of aryl methyl sites for hydroxylation is 2. The Hall–Kier alpha value is -2.01. The Balaban J connectivity index is 1.69. The Morgan fingerprint density at radius 1 is 1.39 bits per heavy atom. The van der Waals surface area contributed by atoms with E-state index in [0.29, 0.717) is 5.69 Å². The number of hydrogen-bond acceptors (Lipinski definition) is 1. The van der Waals surface area contributed by atoms with Gasteiger partial charge >= 0.3 is 0 Å². The number of benzene rings is 1. The van der Waals surface area contributed by atoms with Crippen molar-refractivity contribution in [1.82, 2.24) is 14.9 Å². The average molecular weight is 372 g/mol. The number of halogens is 1. The Morgan fingerprint density at radius 2 is 2.26 bits per heavy atom. The normalized spacial score (nSPS) is 17.2. The summed E-state index contributed by atoms with van der Waals surface area (Å²) in [4.78, 5) is 16.0. The van der Waals surface area contributed by atoms with Gasteiger partial charge in [0.1, 0.15) is 5.69 Å². The Labute approximate surface area is 143 Å². The van der Waals surface area contributed by atoms with Crippen LogP contribution < -0.4 is 5.32 Å². The molecular formula is C18H18BrN3O. The van der Waals surface area contributed by atoms with Crippen LogP contribution in [0.15, 0.2) is 41.0 Å². The van der Waals surface area contributed by atoms with Crippen LogP contribution >= 0.6 is 15.9 Å². The third-order valence-corrected chi connectivity index (χ3v) is 5.14. The van der Waals surface area contributed by atoms with Crippen molar-refractivity contribution in [2.75, 3.05) is 0 Å². The maximum atomic E-state index is 12.5. The second-order valence-corrected chi connectivity index (χ2v) is 7.05. The summed E-state index contributed by atoms with van der Waals surface area (Å²) < 4.78 is 2.93. The summed E-state index contributed by atoms with van der Waals surface area (Å²) in [7, 11) is 1.89. The van der Waals surface area contributed by atoms with E-state index >= 15 is 0 Å². The van der Waals surface area contributed by atoms with Gasteiger partial charge in [-0.15, -0.1) is 0 Å². The van der Waals surface area contributed by atoms with Crippen molar-refractivity contribution in [2.45, 2.75) is 25.3 Å². The third-order valence-electron chi connectivity index (χ3n) is 4.65. The van der Waals surface area contributed by atoms with Gasteiger partial charge in [-0.2, -0.15) is 0 Å². The van der Waals surface area contributed by atoms with Crippen LogP contribution in [-0.2, 0) is 13.5 Å². The first-order chi connectivity index (χ1) is 11.1. The van der Waals surface area contributed by atoms with Crippen LogP contribution in [0, 0.1) is 0 Å². The Kier molecular flexibility index (Phi) is 3.53. The maximum Gasteiger partial charge on any atom is 0.268 e. The van der Waals surface area contributed by atoms with E-state index in [-0.39, 0.29) is 11.9 Å². The van der Waals surface area contributed by atoms with Crippen LogP contribution in [0.25, 0.3) is 10.9 Å². The topological polar surface area (TPSA) is 49.8 Å². The minimum atomic E-state index is -0.0183. The molecule has 23 heavy (non-hydrogen) atoms. The molecule has 1 aliphatic rings. The fourth-order valence-corrected chi connectivity index (χ4v) is 3.87. The monoisotopic (exact) mass is 371 g/mol. The molecule has 4 nitrogen and oxygen atoms in total. The van der Waals surface area contributed by atoms with Crippen LogP contribution in [0.5, 0.6) is 0 Å². The number of rotatable bonds is 2. The highest BCUT2D eigenvalue weighted by atomic mass is 79.9. The molecule has 1 aliphatic carbocycles. The minimum Gasteiger partial charge on any atom is -0.356 e. The lowest BCUT2D eigenvalue weighted by molar-refractivity contribution is 0.0923. The maximum absolute atomic E-state index is 12.5. The molecule has 1 aromatic carbocycles. The first-order valence-electron chi connectivity index (χ1n) is 7.85. The Morgan fingerprint density at radius 3 is 3.04 bits per heavy atom. The molecule has 0 spiro atoms. The molecule has 0 saturated heterocycles. The van der Waals surface area contributed by atoms with Gasteiger partial charge < -0.3 is 14.9 Å². The lowest BCUT2D eigenvalue weighted by atomic mass is 9.91. The molecule has 1 atom stereocenters. The van der Waals surface area contributed by atoms with Crippen molar-refractivity contribution in [3.05, 3.63) is 58.0 Å². The summed E-state index contributed by atoms with van der Waals surface area (Å²) in [5.41, 5.74) is 4.32. The second-order valence-electron chi connectivity index (χ2n) is 6.13. The van der Waals surface area contributed by atoms with Crippen molar-refractivity contribution in [2.24, 2.45) is 7.05 Å². The van der Waals surface area contributed by atoms with E-state index in [1.165, 1.54) is 10.9 Å². The second kappa shape index (κ2) is 5.57. The predicted octanol–water partition coefficient (Wildman–Crippen LogP) is 4.08. The highest BCUT2D eigenvalue weighted by Gasteiger charge is 2.26. The van der Waals surface area contributed by atoms with E-state index in [0.717, 1.165) is 34.9 Å². The lowest BCUT2D eigenvalue weighted by Crippen LogP contribution is -2.32. The van der Waals surface area contributed by atoms with Crippen LogP contribution in [0.2, 0.25) is 0 Å². The zero-order chi connectivity index (χ0) is 16.0. The quantitative estimate of drug-likeness (QED) is 0.700. The number of amides is 1. The zero-order valence-electron chi connectivity index (χ0n) is 12.9. The molecule has 4 rings (SSSR count). The molecule has 0 fully saturated rings. The SMILES string of the molecule is Cn1cccc1C(=O)NC1CCCc2c1[nH]c1ccc(Br)cc21. The molecule has 2 aromatic heterocycles. The van der Waals surface area contributed by atoms with Crippen LogP contribution in [-0.4, -0.2) is 15.5 Å².